The van der Waals surface area contributed by atoms with E-state index < -0.39 is 14.2 Å². The number of nitrogens with zero attached hydrogens (tertiary/aromatic N) is 1. The monoisotopic (exact) mass is 278 g/mol. The second-order valence-electron chi connectivity index (χ2n) is 4.02. The average Bonchev–Trinajstić information content (AvgIpc) is 2.15. The summed E-state index contributed by atoms with van der Waals surface area (Å²) in [6, 6.07) is 4.28. The van der Waals surface area contributed by atoms with Crippen LogP contribution in [0.4, 0.5) is 5.69 Å². The lowest BCUT2D eigenvalue weighted by Gasteiger charge is -2.25. The fourth-order valence-electron chi connectivity index (χ4n) is 1.37. The van der Waals surface area contributed by atoms with E-state index in [4.69, 9.17) is 11.6 Å². The van der Waals surface area contributed by atoms with E-state index in [1.807, 2.05) is 0 Å². The predicted octanol–water partition coefficient (Wildman–Crippen LogP) is 1.91. The molecule has 0 spiro atoms. The van der Waals surface area contributed by atoms with Gasteiger partial charge in [0.1, 0.15) is 0 Å². The summed E-state index contributed by atoms with van der Waals surface area (Å²) in [5, 5.41) is 0.292. The zero-order valence-corrected chi connectivity index (χ0v) is 11.2. The van der Waals surface area contributed by atoms with Gasteiger partial charge in [0.2, 0.25) is 0 Å². The van der Waals surface area contributed by atoms with Crippen LogP contribution in [0.5, 0.6) is 0 Å². The molecule has 1 aromatic carbocycles. The van der Waals surface area contributed by atoms with E-state index in [0.717, 1.165) is 0 Å². The van der Waals surface area contributed by atoms with Crippen LogP contribution >= 0.6 is 11.6 Å². The van der Waals surface area contributed by atoms with Gasteiger partial charge in [-0.25, -0.2) is 4.55 Å². The van der Waals surface area contributed by atoms with E-state index in [-0.39, 0.29) is 17.0 Å². The van der Waals surface area contributed by atoms with Crippen molar-refractivity contribution in [2.24, 2.45) is 0 Å². The molecule has 1 N–H and O–H groups in total. The van der Waals surface area contributed by atoms with Crippen LogP contribution in [0.1, 0.15) is 17.3 Å². The molecule has 0 saturated carbocycles. The standard InChI is InChI=1S/C10H12ClNO4S/c1-7(13)9-5-4-8(11)6-10(9)12(2,3)17(14,15)16/h4-6H,1-3H3/p+1. The molecule has 1 aromatic rings. The molecular weight excluding hydrogens is 266 g/mol. The van der Waals surface area contributed by atoms with Crippen LogP contribution < -0.4 is 3.89 Å². The number of Topliss-reactive ketones (excluding diaryl/α,β-unsaturated/α-hetero) is 1. The lowest BCUT2D eigenvalue weighted by molar-refractivity contribution is 0.101. The average molecular weight is 279 g/mol. The Balaban J connectivity index is 3.60. The number of carbonyl (C=O) groups is 1. The van der Waals surface area contributed by atoms with Crippen molar-refractivity contribution in [1.82, 2.24) is 3.89 Å². The normalized spacial score (nSPS) is 12.5. The van der Waals surface area contributed by atoms with Crippen LogP contribution in [0.2, 0.25) is 5.02 Å². The molecule has 0 bridgehead atoms. The zero-order chi connectivity index (χ0) is 13.4. The summed E-state index contributed by atoms with van der Waals surface area (Å²) >= 11 is 5.78. The van der Waals surface area contributed by atoms with Crippen molar-refractivity contribution in [2.75, 3.05) is 14.1 Å². The Morgan fingerprint density at radius 1 is 1.35 bits per heavy atom. The molecule has 7 heteroatoms. The number of hydrogen-bond donors (Lipinski definition) is 1. The third-order valence-electron chi connectivity index (χ3n) is 2.50. The third kappa shape index (κ3) is 2.66. The Morgan fingerprint density at radius 2 is 1.88 bits per heavy atom. The Labute approximate surface area is 105 Å². The van der Waals surface area contributed by atoms with Crippen molar-refractivity contribution in [3.8, 4) is 0 Å². The van der Waals surface area contributed by atoms with Gasteiger partial charge in [0, 0.05) is 11.1 Å². The highest BCUT2D eigenvalue weighted by atomic mass is 35.5. The molecule has 0 fully saturated rings. The molecule has 5 nitrogen and oxygen atoms in total. The van der Waals surface area contributed by atoms with Crippen LogP contribution in [-0.4, -0.2) is 32.8 Å². The topological polar surface area (TPSA) is 71.4 Å². The fraction of sp³-hybridized carbons (Fsp3) is 0.300. The summed E-state index contributed by atoms with van der Waals surface area (Å²) in [5.41, 5.74) is 0.338. The first-order valence-corrected chi connectivity index (χ1v) is 6.47. The molecule has 94 valence electrons. The summed E-state index contributed by atoms with van der Waals surface area (Å²) in [4.78, 5) is 11.4. The molecule has 0 aliphatic rings. The van der Waals surface area contributed by atoms with Crippen LogP contribution in [0, 0.1) is 0 Å². The van der Waals surface area contributed by atoms with Crippen molar-refractivity contribution >= 4 is 33.4 Å². The van der Waals surface area contributed by atoms with Gasteiger partial charge in [-0.05, 0) is 19.1 Å². The Hall–Kier alpha value is -0.950. The number of rotatable bonds is 3. The number of hydrogen-bond acceptors (Lipinski definition) is 3. The van der Waals surface area contributed by atoms with E-state index in [9.17, 15) is 17.8 Å². The van der Waals surface area contributed by atoms with Crippen LogP contribution in [-0.2, 0) is 10.3 Å². The van der Waals surface area contributed by atoms with Crippen molar-refractivity contribution in [3.63, 3.8) is 0 Å². The number of benzene rings is 1. The number of quaternary nitrogens is 1. The molecule has 0 saturated heterocycles. The van der Waals surface area contributed by atoms with Crippen LogP contribution in [0.15, 0.2) is 18.2 Å². The highest BCUT2D eigenvalue weighted by Crippen LogP contribution is 2.30. The van der Waals surface area contributed by atoms with E-state index >= 15 is 0 Å². The van der Waals surface area contributed by atoms with Crippen molar-refractivity contribution < 1.29 is 17.8 Å². The van der Waals surface area contributed by atoms with E-state index in [1.165, 1.54) is 39.2 Å². The summed E-state index contributed by atoms with van der Waals surface area (Å²) in [6.07, 6.45) is 0. The number of ketones is 1. The molecule has 0 aromatic heterocycles. The Morgan fingerprint density at radius 3 is 2.29 bits per heavy atom. The van der Waals surface area contributed by atoms with E-state index in [1.54, 1.807) is 0 Å². The smallest absolute Gasteiger partial charge is 0.294 e. The third-order valence-corrected chi connectivity index (χ3v) is 4.08. The molecule has 0 amide bonds. The van der Waals surface area contributed by atoms with Gasteiger partial charge in [-0.2, -0.15) is 3.89 Å². The first-order valence-electron chi connectivity index (χ1n) is 4.70. The van der Waals surface area contributed by atoms with Gasteiger partial charge in [-0.3, -0.25) is 4.79 Å². The molecule has 0 heterocycles. The minimum atomic E-state index is -4.40. The first kappa shape index (κ1) is 14.1. The van der Waals surface area contributed by atoms with Gasteiger partial charge < -0.3 is 0 Å². The maximum absolute atomic E-state index is 11.4. The Kier molecular flexibility index (Phi) is 3.63. The molecule has 0 radical (unpaired) electrons. The van der Waals surface area contributed by atoms with E-state index in [2.05, 4.69) is 0 Å². The molecule has 1 rings (SSSR count). The molecule has 0 unspecified atom stereocenters. The second-order valence-corrected chi connectivity index (χ2v) is 6.26. The van der Waals surface area contributed by atoms with E-state index in [0.29, 0.717) is 5.02 Å². The molecule has 0 atom stereocenters. The zero-order valence-electron chi connectivity index (χ0n) is 9.64. The van der Waals surface area contributed by atoms with Gasteiger partial charge in [0.05, 0.1) is 19.7 Å². The van der Waals surface area contributed by atoms with Gasteiger partial charge >= 0.3 is 10.3 Å². The van der Waals surface area contributed by atoms with Gasteiger partial charge in [-0.15, -0.1) is 8.42 Å². The summed E-state index contributed by atoms with van der Waals surface area (Å²) < 4.78 is 31.0. The maximum Gasteiger partial charge on any atom is 0.437 e. The minimum Gasteiger partial charge on any atom is -0.294 e. The quantitative estimate of drug-likeness (QED) is 0.521. The predicted molar refractivity (Wildman–Crippen MR) is 66.6 cm³/mol. The van der Waals surface area contributed by atoms with Crippen molar-refractivity contribution in [3.05, 3.63) is 28.8 Å². The SMILES string of the molecule is CC(=O)c1ccc(Cl)cc1[N+](C)(C)S(=O)(=O)O. The minimum absolute atomic E-state index is 0.132. The maximum atomic E-state index is 11.4. The largest absolute Gasteiger partial charge is 0.437 e. The fourth-order valence-corrected chi connectivity index (χ4v) is 1.94. The molecule has 0 aliphatic heterocycles. The number of halogens is 1. The lowest BCUT2D eigenvalue weighted by atomic mass is 10.1. The highest BCUT2D eigenvalue weighted by Gasteiger charge is 2.37. The summed E-state index contributed by atoms with van der Waals surface area (Å²) in [6.45, 7) is 1.32. The first-order chi connectivity index (χ1) is 7.57. The van der Waals surface area contributed by atoms with Crippen molar-refractivity contribution in [2.45, 2.75) is 6.92 Å². The van der Waals surface area contributed by atoms with Gasteiger partial charge in [0.15, 0.2) is 11.5 Å². The molecule has 17 heavy (non-hydrogen) atoms. The van der Waals surface area contributed by atoms with Crippen molar-refractivity contribution in [1.29, 1.82) is 0 Å². The Bertz CT molecular complexity index is 566. The lowest BCUT2D eigenvalue weighted by Crippen LogP contribution is -2.46. The summed E-state index contributed by atoms with van der Waals surface area (Å²) in [5.74, 6) is -0.300. The second kappa shape index (κ2) is 4.38. The molecular formula is C10H13ClNO4S+. The molecule has 0 aliphatic carbocycles. The van der Waals surface area contributed by atoms with Gasteiger partial charge in [0.25, 0.3) is 0 Å². The summed E-state index contributed by atoms with van der Waals surface area (Å²) in [7, 11) is -1.89. The van der Waals surface area contributed by atoms with Crippen LogP contribution in [0.3, 0.4) is 0 Å². The van der Waals surface area contributed by atoms with Crippen LogP contribution in [0.25, 0.3) is 0 Å². The van der Waals surface area contributed by atoms with Gasteiger partial charge in [-0.1, -0.05) is 11.6 Å². The highest BCUT2D eigenvalue weighted by molar-refractivity contribution is 7.85. The number of carbonyl (C=O) groups excluding carboxylic acids is 1.